The third-order valence-electron chi connectivity index (χ3n) is 2.90. The minimum atomic E-state index is -0.0902. The molecule has 6 nitrogen and oxygen atoms in total. The molecule has 0 aromatic heterocycles. The highest BCUT2D eigenvalue weighted by atomic mass is 32.2. The Balaban J connectivity index is 1.75. The predicted molar refractivity (Wildman–Crippen MR) is 89.2 cm³/mol. The van der Waals surface area contributed by atoms with Crippen molar-refractivity contribution < 1.29 is 9.53 Å². The molecule has 0 radical (unpaired) electrons. The van der Waals surface area contributed by atoms with Gasteiger partial charge in [0.2, 0.25) is 0 Å². The number of nitrogens with zero attached hydrogens (tertiary/aromatic N) is 2. The van der Waals surface area contributed by atoms with Crippen LogP contribution >= 0.6 is 24.0 Å². The molecule has 8 heteroatoms. The maximum Gasteiger partial charge on any atom is 0.252 e. The molecule has 1 amide bonds. The summed E-state index contributed by atoms with van der Waals surface area (Å²) in [5.74, 6) is 1.42. The van der Waals surface area contributed by atoms with E-state index in [4.69, 9.17) is 17.0 Å². The van der Waals surface area contributed by atoms with Gasteiger partial charge < -0.3 is 9.64 Å². The van der Waals surface area contributed by atoms with E-state index in [1.807, 2.05) is 41.1 Å². The van der Waals surface area contributed by atoms with Gasteiger partial charge in [0.05, 0.1) is 31.9 Å². The molecule has 0 saturated carbocycles. The smallest absolute Gasteiger partial charge is 0.252 e. The van der Waals surface area contributed by atoms with Crippen molar-refractivity contribution in [3.63, 3.8) is 0 Å². The maximum absolute atomic E-state index is 11.9. The fourth-order valence-electron chi connectivity index (χ4n) is 1.81. The summed E-state index contributed by atoms with van der Waals surface area (Å²) >= 11 is 6.73. The zero-order chi connectivity index (χ0) is 15.2. The molecule has 0 spiro atoms. The Morgan fingerprint density at radius 3 is 2.76 bits per heavy atom. The minimum Gasteiger partial charge on any atom is -0.497 e. The number of methoxy groups -OCH3 is 1. The molecule has 114 valence electrons. The number of benzene rings is 1. The Kier molecular flexibility index (Phi) is 5.66. The first-order valence-corrected chi connectivity index (χ1v) is 7.77. The fraction of sp³-hybridized carbons (Fsp3) is 0.385. The van der Waals surface area contributed by atoms with Crippen LogP contribution < -0.4 is 15.6 Å². The van der Waals surface area contributed by atoms with Gasteiger partial charge in [-0.3, -0.25) is 20.5 Å². The molecule has 2 rings (SSSR count). The second kappa shape index (κ2) is 7.48. The average Bonchev–Trinajstić information content (AvgIpc) is 2.49. The Morgan fingerprint density at radius 2 is 2.14 bits per heavy atom. The van der Waals surface area contributed by atoms with Crippen molar-refractivity contribution in [2.75, 3.05) is 38.7 Å². The number of ether oxygens (including phenoxy) is 1. The van der Waals surface area contributed by atoms with Gasteiger partial charge in [-0.05, 0) is 24.3 Å². The number of amides is 1. The van der Waals surface area contributed by atoms with Gasteiger partial charge in [0.15, 0.2) is 0 Å². The SMILES string of the molecule is COc1ccc(NNC(=O)CN2CSC(=S)N(C)C2)cc1. The van der Waals surface area contributed by atoms with Crippen LogP contribution in [0.2, 0.25) is 0 Å². The van der Waals surface area contributed by atoms with Crippen LogP contribution in [0.5, 0.6) is 5.75 Å². The normalized spacial score (nSPS) is 15.7. The summed E-state index contributed by atoms with van der Waals surface area (Å²) in [5.41, 5.74) is 6.36. The summed E-state index contributed by atoms with van der Waals surface area (Å²) in [5, 5.41) is 0. The number of anilines is 1. The van der Waals surface area contributed by atoms with Crippen LogP contribution in [0.4, 0.5) is 5.69 Å². The number of thiocarbonyl (C=S) groups is 1. The van der Waals surface area contributed by atoms with E-state index in [0.717, 1.165) is 21.6 Å². The Morgan fingerprint density at radius 1 is 1.43 bits per heavy atom. The zero-order valence-electron chi connectivity index (χ0n) is 12.0. The molecule has 1 aliphatic rings. The van der Waals surface area contributed by atoms with E-state index >= 15 is 0 Å². The van der Waals surface area contributed by atoms with Gasteiger partial charge in [-0.2, -0.15) is 0 Å². The number of carbonyl (C=O) groups is 1. The number of hydrazine groups is 1. The molecule has 0 unspecified atom stereocenters. The number of hydrogen-bond acceptors (Lipinski definition) is 6. The van der Waals surface area contributed by atoms with Crippen molar-refractivity contribution in [1.29, 1.82) is 0 Å². The largest absolute Gasteiger partial charge is 0.497 e. The molecular weight excluding hydrogens is 308 g/mol. The third kappa shape index (κ3) is 4.76. The lowest BCUT2D eigenvalue weighted by atomic mass is 10.3. The summed E-state index contributed by atoms with van der Waals surface area (Å²) in [7, 11) is 3.54. The van der Waals surface area contributed by atoms with Gasteiger partial charge in [-0.25, -0.2) is 0 Å². The number of rotatable bonds is 5. The zero-order valence-corrected chi connectivity index (χ0v) is 13.6. The van der Waals surface area contributed by atoms with Crippen molar-refractivity contribution in [1.82, 2.24) is 15.2 Å². The summed E-state index contributed by atoms with van der Waals surface area (Å²) in [4.78, 5) is 15.9. The van der Waals surface area contributed by atoms with Crippen molar-refractivity contribution >= 4 is 39.9 Å². The monoisotopic (exact) mass is 326 g/mol. The predicted octanol–water partition coefficient (Wildman–Crippen LogP) is 1.32. The van der Waals surface area contributed by atoms with E-state index in [1.54, 1.807) is 18.9 Å². The third-order valence-corrected chi connectivity index (χ3v) is 4.62. The highest BCUT2D eigenvalue weighted by Gasteiger charge is 2.20. The molecule has 1 aliphatic heterocycles. The summed E-state index contributed by atoms with van der Waals surface area (Å²) < 4.78 is 5.94. The highest BCUT2D eigenvalue weighted by Crippen LogP contribution is 2.16. The van der Waals surface area contributed by atoms with E-state index < -0.39 is 0 Å². The van der Waals surface area contributed by atoms with E-state index in [0.29, 0.717) is 13.2 Å². The van der Waals surface area contributed by atoms with Gasteiger partial charge in [0, 0.05) is 7.05 Å². The molecule has 1 aromatic carbocycles. The fourth-order valence-corrected chi connectivity index (χ4v) is 2.77. The topological polar surface area (TPSA) is 56.8 Å². The molecule has 0 bridgehead atoms. The lowest BCUT2D eigenvalue weighted by Crippen LogP contribution is -2.47. The standard InChI is InChI=1S/C13H18N4O2S2/c1-16-8-17(9-21-13(16)20)7-12(18)15-14-10-3-5-11(19-2)6-4-10/h3-6,14H,7-9H2,1-2H3,(H,15,18). The van der Waals surface area contributed by atoms with Crippen LogP contribution in [0.3, 0.4) is 0 Å². The van der Waals surface area contributed by atoms with Crippen LogP contribution in [-0.4, -0.2) is 53.3 Å². The van der Waals surface area contributed by atoms with Crippen molar-refractivity contribution in [2.24, 2.45) is 0 Å². The van der Waals surface area contributed by atoms with Crippen molar-refractivity contribution in [3.05, 3.63) is 24.3 Å². The van der Waals surface area contributed by atoms with E-state index in [1.165, 1.54) is 0 Å². The molecule has 0 aliphatic carbocycles. The number of hydrogen-bond donors (Lipinski definition) is 2. The Hall–Kier alpha value is -1.51. The molecule has 2 N–H and O–H groups in total. The van der Waals surface area contributed by atoms with E-state index in [9.17, 15) is 4.79 Å². The molecule has 1 heterocycles. The molecular formula is C13H18N4O2S2. The Labute approximate surface area is 133 Å². The van der Waals surface area contributed by atoms with E-state index in [-0.39, 0.29) is 5.91 Å². The minimum absolute atomic E-state index is 0.0902. The van der Waals surface area contributed by atoms with Crippen molar-refractivity contribution in [2.45, 2.75) is 0 Å². The van der Waals surface area contributed by atoms with E-state index in [2.05, 4.69) is 10.9 Å². The maximum atomic E-state index is 11.9. The van der Waals surface area contributed by atoms with Crippen molar-refractivity contribution in [3.8, 4) is 5.75 Å². The highest BCUT2D eigenvalue weighted by molar-refractivity contribution is 8.22. The summed E-state index contributed by atoms with van der Waals surface area (Å²) in [6, 6.07) is 7.32. The van der Waals surface area contributed by atoms with Crippen LogP contribution in [0.15, 0.2) is 24.3 Å². The molecule has 1 aromatic rings. The molecule has 1 saturated heterocycles. The van der Waals surface area contributed by atoms with Crippen LogP contribution in [0.1, 0.15) is 0 Å². The number of nitrogens with one attached hydrogen (secondary N) is 2. The lowest BCUT2D eigenvalue weighted by molar-refractivity contribution is -0.121. The van der Waals surface area contributed by atoms with Gasteiger partial charge in [-0.15, -0.1) is 0 Å². The number of thioether (sulfide) groups is 1. The molecule has 1 fully saturated rings. The van der Waals surface area contributed by atoms with Gasteiger partial charge >= 0.3 is 0 Å². The van der Waals surface area contributed by atoms with Crippen LogP contribution in [0, 0.1) is 0 Å². The van der Waals surface area contributed by atoms with Gasteiger partial charge in [0.25, 0.3) is 5.91 Å². The molecule has 0 atom stereocenters. The first-order valence-electron chi connectivity index (χ1n) is 6.37. The lowest BCUT2D eigenvalue weighted by Gasteiger charge is -2.33. The van der Waals surface area contributed by atoms with Crippen LogP contribution in [0.25, 0.3) is 0 Å². The number of carbonyl (C=O) groups excluding carboxylic acids is 1. The quantitative estimate of drug-likeness (QED) is 0.625. The van der Waals surface area contributed by atoms with Gasteiger partial charge in [-0.1, -0.05) is 24.0 Å². The first-order chi connectivity index (χ1) is 10.1. The van der Waals surface area contributed by atoms with Gasteiger partial charge in [0.1, 0.15) is 10.1 Å². The second-order valence-electron chi connectivity index (χ2n) is 4.61. The second-order valence-corrected chi connectivity index (χ2v) is 6.19. The molecule has 21 heavy (non-hydrogen) atoms. The summed E-state index contributed by atoms with van der Waals surface area (Å²) in [6.07, 6.45) is 0. The Bertz CT molecular complexity index is 509. The summed E-state index contributed by atoms with van der Waals surface area (Å²) in [6.45, 7) is 0.991. The average molecular weight is 326 g/mol. The van der Waals surface area contributed by atoms with Crippen LogP contribution in [-0.2, 0) is 4.79 Å². The first kappa shape index (κ1) is 15.9.